The molecule has 0 saturated carbocycles. The number of hydrogen-bond donors (Lipinski definition) is 1. The number of carbonyl (C=O) groups is 1. The number of rotatable bonds is 4. The highest BCUT2D eigenvalue weighted by Crippen LogP contribution is 2.28. The van der Waals surface area contributed by atoms with Crippen molar-refractivity contribution in [2.24, 2.45) is 5.10 Å². The van der Waals surface area contributed by atoms with E-state index in [0.717, 1.165) is 5.39 Å². The Bertz CT molecular complexity index is 869. The fraction of sp³-hybridized carbons (Fsp3) is 0.0588. The van der Waals surface area contributed by atoms with E-state index in [1.54, 1.807) is 24.3 Å². The van der Waals surface area contributed by atoms with Gasteiger partial charge in [0.15, 0.2) is 17.1 Å². The summed E-state index contributed by atoms with van der Waals surface area (Å²) in [4.78, 5) is 12.0. The van der Waals surface area contributed by atoms with Crippen LogP contribution in [0.15, 0.2) is 58.0 Å². The highest BCUT2D eigenvalue weighted by atomic mass is 19.1. The molecule has 0 aliphatic rings. The third kappa shape index (κ3) is 3.21. The first-order valence-corrected chi connectivity index (χ1v) is 6.83. The van der Waals surface area contributed by atoms with Crippen molar-refractivity contribution in [3.63, 3.8) is 0 Å². The van der Waals surface area contributed by atoms with Crippen molar-refractivity contribution >= 4 is 23.1 Å². The SMILES string of the molecule is COc1cccc2cc(C(=O)N/N=C\c3ccc(F)cc3)oc12. The number of methoxy groups -OCH3 is 1. The Hall–Kier alpha value is -3.15. The van der Waals surface area contributed by atoms with E-state index in [9.17, 15) is 9.18 Å². The van der Waals surface area contributed by atoms with Gasteiger partial charge in [-0.3, -0.25) is 4.79 Å². The summed E-state index contributed by atoms with van der Waals surface area (Å²) in [5, 5.41) is 4.58. The number of benzene rings is 2. The number of fused-ring (bicyclic) bond motifs is 1. The number of furan rings is 1. The molecule has 0 saturated heterocycles. The van der Waals surface area contributed by atoms with E-state index in [4.69, 9.17) is 9.15 Å². The van der Waals surface area contributed by atoms with E-state index in [1.165, 1.54) is 25.5 Å². The summed E-state index contributed by atoms with van der Waals surface area (Å²) >= 11 is 0. The molecule has 6 heteroatoms. The molecule has 116 valence electrons. The van der Waals surface area contributed by atoms with Gasteiger partial charge in [0.1, 0.15) is 5.82 Å². The minimum atomic E-state index is -0.485. The van der Waals surface area contributed by atoms with Crippen LogP contribution >= 0.6 is 0 Å². The predicted octanol–water partition coefficient (Wildman–Crippen LogP) is 3.34. The van der Waals surface area contributed by atoms with Gasteiger partial charge in [0.05, 0.1) is 13.3 Å². The average Bonchev–Trinajstić information content (AvgIpc) is 3.01. The predicted molar refractivity (Wildman–Crippen MR) is 84.2 cm³/mol. The molecule has 0 bridgehead atoms. The number of ether oxygens (including phenoxy) is 1. The van der Waals surface area contributed by atoms with Crippen molar-refractivity contribution < 1.29 is 18.3 Å². The van der Waals surface area contributed by atoms with E-state index in [-0.39, 0.29) is 11.6 Å². The lowest BCUT2D eigenvalue weighted by Crippen LogP contribution is -2.16. The molecule has 0 unspecified atom stereocenters. The summed E-state index contributed by atoms with van der Waals surface area (Å²) in [7, 11) is 1.53. The van der Waals surface area contributed by atoms with Crippen molar-refractivity contribution in [2.45, 2.75) is 0 Å². The van der Waals surface area contributed by atoms with Crippen LogP contribution in [0.3, 0.4) is 0 Å². The molecule has 23 heavy (non-hydrogen) atoms. The van der Waals surface area contributed by atoms with Gasteiger partial charge < -0.3 is 9.15 Å². The van der Waals surface area contributed by atoms with Gasteiger partial charge in [-0.25, -0.2) is 9.82 Å². The first kappa shape index (κ1) is 14.8. The number of halogens is 1. The van der Waals surface area contributed by atoms with Crippen LogP contribution in [0, 0.1) is 5.82 Å². The average molecular weight is 312 g/mol. The molecule has 0 radical (unpaired) electrons. The van der Waals surface area contributed by atoms with Gasteiger partial charge in [-0.15, -0.1) is 0 Å². The lowest BCUT2D eigenvalue weighted by Gasteiger charge is -1.98. The van der Waals surface area contributed by atoms with Crippen LogP contribution in [-0.2, 0) is 0 Å². The molecule has 2 aromatic carbocycles. The van der Waals surface area contributed by atoms with Crippen molar-refractivity contribution in [1.82, 2.24) is 5.43 Å². The van der Waals surface area contributed by atoms with Crippen molar-refractivity contribution in [3.8, 4) is 5.75 Å². The van der Waals surface area contributed by atoms with E-state index in [0.29, 0.717) is 16.9 Å². The molecule has 1 amide bonds. The molecule has 0 spiro atoms. The third-order valence-electron chi connectivity index (χ3n) is 3.20. The number of hydrazone groups is 1. The Balaban J connectivity index is 1.74. The zero-order valence-corrected chi connectivity index (χ0v) is 12.2. The molecule has 1 aromatic heterocycles. The molecule has 0 aliphatic carbocycles. The molecule has 0 aliphatic heterocycles. The summed E-state index contributed by atoms with van der Waals surface area (Å²) in [5.41, 5.74) is 3.53. The van der Waals surface area contributed by atoms with Gasteiger partial charge in [0, 0.05) is 5.39 Å². The Kier molecular flexibility index (Phi) is 4.05. The fourth-order valence-corrected chi connectivity index (χ4v) is 2.08. The Labute approximate surface area is 131 Å². The number of carbonyl (C=O) groups excluding carboxylic acids is 1. The number of amides is 1. The maximum absolute atomic E-state index is 12.8. The van der Waals surface area contributed by atoms with Crippen molar-refractivity contribution in [2.75, 3.05) is 7.11 Å². The second-order valence-corrected chi connectivity index (χ2v) is 4.74. The summed E-state index contributed by atoms with van der Waals surface area (Å²) in [5.74, 6) is -0.138. The fourth-order valence-electron chi connectivity index (χ4n) is 2.08. The monoisotopic (exact) mass is 312 g/mol. The largest absolute Gasteiger partial charge is 0.493 e. The van der Waals surface area contributed by atoms with Gasteiger partial charge in [0.25, 0.3) is 0 Å². The smallest absolute Gasteiger partial charge is 0.307 e. The van der Waals surface area contributed by atoms with Crippen LogP contribution in [0.1, 0.15) is 16.1 Å². The van der Waals surface area contributed by atoms with Crippen LogP contribution in [0.2, 0.25) is 0 Å². The van der Waals surface area contributed by atoms with E-state index in [2.05, 4.69) is 10.5 Å². The Morgan fingerprint density at radius 1 is 1.26 bits per heavy atom. The van der Waals surface area contributed by atoms with Crippen LogP contribution in [0.4, 0.5) is 4.39 Å². The molecule has 3 aromatic rings. The minimum absolute atomic E-state index is 0.126. The van der Waals surface area contributed by atoms with Gasteiger partial charge in [-0.2, -0.15) is 5.10 Å². The number of para-hydroxylation sites is 1. The van der Waals surface area contributed by atoms with Gasteiger partial charge in [0.2, 0.25) is 0 Å². The zero-order chi connectivity index (χ0) is 16.2. The maximum Gasteiger partial charge on any atom is 0.307 e. The molecule has 1 heterocycles. The minimum Gasteiger partial charge on any atom is -0.493 e. The van der Waals surface area contributed by atoms with Crippen LogP contribution in [0.5, 0.6) is 5.75 Å². The second-order valence-electron chi connectivity index (χ2n) is 4.74. The van der Waals surface area contributed by atoms with Gasteiger partial charge >= 0.3 is 5.91 Å². The topological polar surface area (TPSA) is 63.8 Å². The van der Waals surface area contributed by atoms with Crippen molar-refractivity contribution in [1.29, 1.82) is 0 Å². The van der Waals surface area contributed by atoms with E-state index in [1.807, 2.05) is 12.1 Å². The Morgan fingerprint density at radius 3 is 2.78 bits per heavy atom. The van der Waals surface area contributed by atoms with E-state index < -0.39 is 5.91 Å². The first-order valence-electron chi connectivity index (χ1n) is 6.83. The molecule has 1 N–H and O–H groups in total. The van der Waals surface area contributed by atoms with Crippen LogP contribution in [0.25, 0.3) is 11.0 Å². The highest BCUT2D eigenvalue weighted by Gasteiger charge is 2.14. The molecule has 0 fully saturated rings. The van der Waals surface area contributed by atoms with Crippen LogP contribution in [-0.4, -0.2) is 19.2 Å². The number of nitrogens with one attached hydrogen (secondary N) is 1. The maximum atomic E-state index is 12.8. The summed E-state index contributed by atoms with van der Waals surface area (Å²) in [6.07, 6.45) is 1.42. The highest BCUT2D eigenvalue weighted by molar-refractivity contribution is 5.97. The van der Waals surface area contributed by atoms with Gasteiger partial charge in [-0.1, -0.05) is 24.3 Å². The zero-order valence-electron chi connectivity index (χ0n) is 12.2. The van der Waals surface area contributed by atoms with Crippen molar-refractivity contribution in [3.05, 3.63) is 65.7 Å². The van der Waals surface area contributed by atoms with Crippen LogP contribution < -0.4 is 10.2 Å². The summed E-state index contributed by atoms with van der Waals surface area (Å²) in [6.45, 7) is 0. The summed E-state index contributed by atoms with van der Waals surface area (Å²) < 4.78 is 23.5. The number of hydrogen-bond acceptors (Lipinski definition) is 4. The normalized spacial score (nSPS) is 11.0. The quantitative estimate of drug-likeness (QED) is 0.593. The third-order valence-corrected chi connectivity index (χ3v) is 3.20. The standard InChI is InChI=1S/C17H13FN2O3/c1-22-14-4-2-3-12-9-15(23-16(12)14)17(21)20-19-10-11-5-7-13(18)8-6-11/h2-10H,1H3,(H,20,21)/b19-10-. The molecule has 0 atom stereocenters. The van der Waals surface area contributed by atoms with E-state index >= 15 is 0 Å². The number of nitrogens with zero attached hydrogens (tertiary/aromatic N) is 1. The molecule has 3 rings (SSSR count). The van der Waals surface area contributed by atoms with Gasteiger partial charge in [-0.05, 0) is 29.8 Å². The second kappa shape index (κ2) is 6.31. The first-order chi connectivity index (χ1) is 11.2. The molecular formula is C17H13FN2O3. The lowest BCUT2D eigenvalue weighted by atomic mass is 10.2. The molecule has 5 nitrogen and oxygen atoms in total. The summed E-state index contributed by atoms with van der Waals surface area (Å²) in [6, 6.07) is 12.7. The Morgan fingerprint density at radius 2 is 2.04 bits per heavy atom. The lowest BCUT2D eigenvalue weighted by molar-refractivity contribution is 0.0929. The molecular weight excluding hydrogens is 299 g/mol.